The zero-order valence-corrected chi connectivity index (χ0v) is 22.6. The van der Waals surface area contributed by atoms with E-state index < -0.39 is 10.1 Å². The van der Waals surface area contributed by atoms with E-state index in [1.54, 1.807) is 42.6 Å². The Balaban J connectivity index is 1.30. The summed E-state index contributed by atoms with van der Waals surface area (Å²) in [6.45, 7) is 1.89. The molecule has 1 heterocycles. The van der Waals surface area contributed by atoms with Crippen molar-refractivity contribution in [2.75, 3.05) is 5.43 Å². The third-order valence-corrected chi connectivity index (χ3v) is 8.07. The normalized spacial score (nSPS) is 11.5. The van der Waals surface area contributed by atoms with Crippen LogP contribution in [0.3, 0.4) is 0 Å². The first-order chi connectivity index (χ1) is 18.4. The summed E-state index contributed by atoms with van der Waals surface area (Å²) < 4.78 is 30.3. The highest BCUT2D eigenvalue weighted by Gasteiger charge is 2.17. The predicted octanol–water partition coefficient (Wildman–Crippen LogP) is 7.65. The molecule has 0 aliphatic carbocycles. The fourth-order valence-electron chi connectivity index (χ4n) is 3.61. The maximum Gasteiger partial charge on any atom is 0.339 e. The van der Waals surface area contributed by atoms with Crippen LogP contribution >= 0.6 is 22.9 Å². The summed E-state index contributed by atoms with van der Waals surface area (Å²) in [6, 6.07) is 30.7. The van der Waals surface area contributed by atoms with Crippen LogP contribution in [0, 0.1) is 6.92 Å². The van der Waals surface area contributed by atoms with Gasteiger partial charge >= 0.3 is 10.1 Å². The number of anilines is 1. The van der Waals surface area contributed by atoms with Crippen LogP contribution in [0.2, 0.25) is 5.02 Å². The van der Waals surface area contributed by atoms with E-state index in [9.17, 15) is 8.42 Å². The Hall–Kier alpha value is -3.98. The summed E-state index contributed by atoms with van der Waals surface area (Å²) in [5, 5.41) is 5.62. The van der Waals surface area contributed by atoms with Gasteiger partial charge in [0.25, 0.3) is 0 Å². The number of hydrazone groups is 1. The fraction of sp³-hybridized carbons (Fsp3) is 0.0345. The van der Waals surface area contributed by atoms with Gasteiger partial charge in [0.1, 0.15) is 10.6 Å². The number of thiazole rings is 1. The van der Waals surface area contributed by atoms with Gasteiger partial charge in [0, 0.05) is 10.6 Å². The Morgan fingerprint density at radius 3 is 2.24 bits per heavy atom. The largest absolute Gasteiger partial charge is 0.379 e. The summed E-state index contributed by atoms with van der Waals surface area (Å²) in [5.74, 6) is 0.218. The fourth-order valence-corrected chi connectivity index (χ4v) is 5.61. The molecule has 0 aliphatic heterocycles. The van der Waals surface area contributed by atoms with Gasteiger partial charge in [-0.05, 0) is 66.6 Å². The highest BCUT2D eigenvalue weighted by Crippen LogP contribution is 2.39. The van der Waals surface area contributed by atoms with E-state index in [1.165, 1.54) is 23.5 Å². The molecule has 0 bridgehead atoms. The Morgan fingerprint density at radius 2 is 1.55 bits per heavy atom. The van der Waals surface area contributed by atoms with E-state index >= 15 is 0 Å². The molecule has 0 amide bonds. The first-order valence-electron chi connectivity index (χ1n) is 11.6. The Kier molecular flexibility index (Phi) is 7.55. The number of hydrogen-bond donors (Lipinski definition) is 1. The quantitative estimate of drug-likeness (QED) is 0.120. The number of hydrogen-bond acceptors (Lipinski definition) is 7. The molecular weight excluding hydrogens is 538 g/mol. The number of aromatic nitrogens is 1. The van der Waals surface area contributed by atoms with Gasteiger partial charge in [0.2, 0.25) is 5.13 Å². The number of halogens is 1. The molecule has 0 spiro atoms. The van der Waals surface area contributed by atoms with Crippen LogP contribution in [0.15, 0.2) is 113 Å². The van der Waals surface area contributed by atoms with Crippen LogP contribution in [0.25, 0.3) is 21.7 Å². The number of benzene rings is 4. The highest BCUT2D eigenvalue weighted by molar-refractivity contribution is 7.87. The maximum absolute atomic E-state index is 12.5. The van der Waals surface area contributed by atoms with Gasteiger partial charge in [-0.3, -0.25) is 5.43 Å². The summed E-state index contributed by atoms with van der Waals surface area (Å²) in [6.07, 6.45) is 1.63. The second-order valence-corrected chi connectivity index (χ2v) is 11.3. The van der Waals surface area contributed by atoms with E-state index in [0.717, 1.165) is 32.8 Å². The van der Waals surface area contributed by atoms with Gasteiger partial charge in [-0.25, -0.2) is 4.98 Å². The van der Waals surface area contributed by atoms with Crippen molar-refractivity contribution in [3.05, 3.63) is 119 Å². The molecule has 0 saturated heterocycles. The average molecular weight is 560 g/mol. The Labute approximate surface area is 230 Å². The molecular formula is C29H22ClN3O3S2. The summed E-state index contributed by atoms with van der Waals surface area (Å²) in [4.78, 5) is 5.89. The van der Waals surface area contributed by atoms with Crippen molar-refractivity contribution in [1.82, 2.24) is 4.98 Å². The first kappa shape index (κ1) is 25.7. The molecule has 0 radical (unpaired) electrons. The molecule has 0 unspecified atom stereocenters. The SMILES string of the molecule is Cc1ccc(S(=O)(=O)Oc2ccc(/C=N\Nc3nc(-c4ccc(Cl)cc4)c(-c4ccccc4)s3)cc2)cc1. The molecule has 5 aromatic rings. The topological polar surface area (TPSA) is 80.7 Å². The van der Waals surface area contributed by atoms with Gasteiger partial charge in [-0.2, -0.15) is 13.5 Å². The van der Waals surface area contributed by atoms with Gasteiger partial charge in [-0.1, -0.05) is 83.1 Å². The van der Waals surface area contributed by atoms with Crippen molar-refractivity contribution in [3.63, 3.8) is 0 Å². The lowest BCUT2D eigenvalue weighted by atomic mass is 10.1. The highest BCUT2D eigenvalue weighted by atomic mass is 35.5. The standard InChI is InChI=1S/C29H22ClN3O3S2/c1-20-7-17-26(18-8-20)38(34,35)36-25-15-9-21(10-16-25)19-31-33-29-32-27(22-11-13-24(30)14-12-22)28(37-29)23-5-3-2-4-6-23/h2-19H,1H3,(H,32,33)/b31-19-. The third-order valence-electron chi connectivity index (χ3n) is 5.55. The molecule has 0 saturated carbocycles. The smallest absolute Gasteiger partial charge is 0.339 e. The van der Waals surface area contributed by atoms with Crippen molar-refractivity contribution < 1.29 is 12.6 Å². The van der Waals surface area contributed by atoms with Crippen molar-refractivity contribution in [2.24, 2.45) is 5.10 Å². The summed E-state index contributed by atoms with van der Waals surface area (Å²) in [7, 11) is -3.91. The van der Waals surface area contributed by atoms with Crippen LogP contribution < -0.4 is 9.61 Å². The maximum atomic E-state index is 12.5. The minimum absolute atomic E-state index is 0.106. The predicted molar refractivity (Wildman–Crippen MR) is 155 cm³/mol. The second kappa shape index (κ2) is 11.2. The molecule has 38 heavy (non-hydrogen) atoms. The molecule has 190 valence electrons. The monoisotopic (exact) mass is 559 g/mol. The van der Waals surface area contributed by atoms with Crippen molar-refractivity contribution in [2.45, 2.75) is 11.8 Å². The molecule has 0 atom stereocenters. The van der Waals surface area contributed by atoms with Crippen LogP contribution in [0.4, 0.5) is 5.13 Å². The zero-order chi connectivity index (χ0) is 26.5. The van der Waals surface area contributed by atoms with Crippen LogP contribution in [-0.4, -0.2) is 19.6 Å². The molecule has 9 heteroatoms. The lowest BCUT2D eigenvalue weighted by Gasteiger charge is -2.07. The molecule has 1 N–H and O–H groups in total. The lowest BCUT2D eigenvalue weighted by Crippen LogP contribution is -2.09. The average Bonchev–Trinajstić information content (AvgIpc) is 3.35. The number of aryl methyl sites for hydroxylation is 1. The molecule has 0 fully saturated rings. The van der Waals surface area contributed by atoms with Crippen LogP contribution in [0.1, 0.15) is 11.1 Å². The van der Waals surface area contributed by atoms with Crippen molar-refractivity contribution in [1.29, 1.82) is 0 Å². The summed E-state index contributed by atoms with van der Waals surface area (Å²) in [5.41, 5.74) is 7.59. The minimum atomic E-state index is -3.91. The molecule has 0 aliphatic rings. The molecule has 5 rings (SSSR count). The van der Waals surface area contributed by atoms with Crippen LogP contribution in [-0.2, 0) is 10.1 Å². The van der Waals surface area contributed by atoms with Crippen LogP contribution in [0.5, 0.6) is 5.75 Å². The Morgan fingerprint density at radius 1 is 0.868 bits per heavy atom. The molecule has 6 nitrogen and oxygen atoms in total. The van der Waals surface area contributed by atoms with E-state index in [-0.39, 0.29) is 10.6 Å². The third kappa shape index (κ3) is 6.11. The van der Waals surface area contributed by atoms with Gasteiger partial charge in [0.05, 0.1) is 16.8 Å². The van der Waals surface area contributed by atoms with E-state index in [0.29, 0.717) is 10.2 Å². The zero-order valence-electron chi connectivity index (χ0n) is 20.2. The van der Waals surface area contributed by atoms with E-state index in [2.05, 4.69) is 10.5 Å². The number of nitrogens with zero attached hydrogens (tertiary/aromatic N) is 2. The minimum Gasteiger partial charge on any atom is -0.379 e. The van der Waals surface area contributed by atoms with Crippen molar-refractivity contribution in [3.8, 4) is 27.4 Å². The first-order valence-corrected chi connectivity index (χ1v) is 14.2. The van der Waals surface area contributed by atoms with Gasteiger partial charge in [-0.15, -0.1) is 0 Å². The second-order valence-electron chi connectivity index (χ2n) is 8.36. The molecule has 4 aromatic carbocycles. The van der Waals surface area contributed by atoms with Crippen molar-refractivity contribution >= 4 is 44.4 Å². The van der Waals surface area contributed by atoms with E-state index in [4.69, 9.17) is 20.8 Å². The van der Waals surface area contributed by atoms with Gasteiger partial charge < -0.3 is 4.18 Å². The van der Waals surface area contributed by atoms with Gasteiger partial charge in [0.15, 0.2) is 0 Å². The number of rotatable bonds is 8. The Bertz CT molecular complexity index is 1670. The molecule has 1 aromatic heterocycles. The number of nitrogens with one attached hydrogen (secondary N) is 1. The van der Waals surface area contributed by atoms with E-state index in [1.807, 2.05) is 61.5 Å². The summed E-state index contributed by atoms with van der Waals surface area (Å²) >= 11 is 7.57. The lowest BCUT2D eigenvalue weighted by molar-refractivity contribution is 0.486.